The molecule has 33 heavy (non-hydrogen) atoms. The lowest BCUT2D eigenvalue weighted by molar-refractivity contribution is -0.142. The van der Waals surface area contributed by atoms with Gasteiger partial charge in [0.2, 0.25) is 0 Å². The first kappa shape index (κ1) is 27.1. The second-order valence-corrected chi connectivity index (χ2v) is 9.01. The maximum Gasteiger partial charge on any atom is 0.346 e. The third kappa shape index (κ3) is 10.1. The summed E-state index contributed by atoms with van der Waals surface area (Å²) in [6, 6.07) is 9.51. The Balaban J connectivity index is 1.65. The molecule has 1 atom stereocenters. The summed E-state index contributed by atoms with van der Waals surface area (Å²) in [4.78, 5) is 25.0. The van der Waals surface area contributed by atoms with Gasteiger partial charge in [-0.2, -0.15) is 0 Å². The number of ketones is 1. The Kier molecular flexibility index (Phi) is 13.5. The molecule has 0 spiro atoms. The van der Waals surface area contributed by atoms with E-state index in [9.17, 15) is 14.7 Å². The molecule has 2 rings (SSSR count). The lowest BCUT2D eigenvalue weighted by atomic mass is 10.0. The highest BCUT2D eigenvalue weighted by Gasteiger charge is 2.39. The highest BCUT2D eigenvalue weighted by atomic mass is 16.6. The highest BCUT2D eigenvalue weighted by molar-refractivity contribution is 6.19. The third-order valence-corrected chi connectivity index (χ3v) is 6.18. The molecular weight excluding hydrogens is 416 g/mol. The monoisotopic (exact) mass is 458 g/mol. The van der Waals surface area contributed by atoms with Crippen LogP contribution in [0.25, 0.3) is 0 Å². The van der Waals surface area contributed by atoms with Crippen molar-refractivity contribution < 1.29 is 24.2 Å². The Labute approximate surface area is 199 Å². The predicted octanol–water partition coefficient (Wildman–Crippen LogP) is 6.43. The van der Waals surface area contributed by atoms with Crippen molar-refractivity contribution in [1.29, 1.82) is 0 Å². The van der Waals surface area contributed by atoms with Gasteiger partial charge in [0, 0.05) is 6.42 Å². The Morgan fingerprint density at radius 3 is 1.97 bits per heavy atom. The molecule has 184 valence electrons. The molecule has 0 aromatic heterocycles. The lowest BCUT2D eigenvalue weighted by Gasteiger charge is -2.13. The average molecular weight is 459 g/mol. The summed E-state index contributed by atoms with van der Waals surface area (Å²) in [6.07, 6.45) is 15.5. The maximum atomic E-state index is 12.7. The fourth-order valence-corrected chi connectivity index (χ4v) is 4.20. The first-order valence-electron chi connectivity index (χ1n) is 12.9. The Morgan fingerprint density at radius 2 is 1.42 bits per heavy atom. The van der Waals surface area contributed by atoms with Crippen LogP contribution in [0, 0.1) is 0 Å². The summed E-state index contributed by atoms with van der Waals surface area (Å²) in [5.74, 6) is -0.759. The Bertz CT molecular complexity index is 725. The number of carbonyl (C=O) groups is 2. The van der Waals surface area contributed by atoms with Crippen molar-refractivity contribution in [2.75, 3.05) is 6.61 Å². The van der Waals surface area contributed by atoms with Crippen LogP contribution in [0.4, 0.5) is 0 Å². The van der Waals surface area contributed by atoms with Gasteiger partial charge in [-0.3, -0.25) is 4.79 Å². The van der Waals surface area contributed by atoms with Crippen LogP contribution in [0.2, 0.25) is 0 Å². The third-order valence-electron chi connectivity index (χ3n) is 6.18. The summed E-state index contributed by atoms with van der Waals surface area (Å²) in [6.45, 7) is 2.07. The molecule has 0 aliphatic carbocycles. The van der Waals surface area contributed by atoms with Gasteiger partial charge < -0.3 is 14.6 Å². The van der Waals surface area contributed by atoms with Crippen LogP contribution in [0.3, 0.4) is 0 Å². The van der Waals surface area contributed by atoms with Gasteiger partial charge in [0.15, 0.2) is 17.6 Å². The van der Waals surface area contributed by atoms with Gasteiger partial charge in [-0.15, -0.1) is 0 Å². The zero-order chi connectivity index (χ0) is 23.7. The molecule has 0 saturated heterocycles. The zero-order valence-corrected chi connectivity index (χ0v) is 20.4. The molecule has 1 aliphatic rings. The van der Waals surface area contributed by atoms with E-state index in [1.165, 1.54) is 64.2 Å². The minimum Gasteiger partial charge on any atom is -0.488 e. The molecule has 0 bridgehead atoms. The molecule has 1 aromatic rings. The highest BCUT2D eigenvalue weighted by Crippen LogP contribution is 2.27. The van der Waals surface area contributed by atoms with Crippen molar-refractivity contribution in [2.24, 2.45) is 0 Å². The van der Waals surface area contributed by atoms with Gasteiger partial charge in [0.1, 0.15) is 12.2 Å². The predicted molar refractivity (Wildman–Crippen MR) is 131 cm³/mol. The number of carbonyl (C=O) groups excluding carboxylic acids is 2. The van der Waals surface area contributed by atoms with Crippen molar-refractivity contribution in [3.05, 3.63) is 47.2 Å². The number of Topliss-reactive ketones (excluding diaryl/α,β-unsaturated/α-hetero) is 1. The van der Waals surface area contributed by atoms with Crippen LogP contribution in [0.1, 0.15) is 102 Å². The molecule has 1 heterocycles. The average Bonchev–Trinajstić information content (AvgIpc) is 3.16. The van der Waals surface area contributed by atoms with Crippen LogP contribution in [0.5, 0.6) is 0 Å². The number of esters is 1. The van der Waals surface area contributed by atoms with E-state index < -0.39 is 18.7 Å². The van der Waals surface area contributed by atoms with Gasteiger partial charge in [0.25, 0.3) is 0 Å². The SMILES string of the molecule is CCCCCCCCCCCCCCCC(=O)C1=C(OCc2ccccc2)[C@@H](CO)OC1=O. The van der Waals surface area contributed by atoms with Crippen molar-refractivity contribution >= 4 is 11.8 Å². The summed E-state index contributed by atoms with van der Waals surface area (Å²) >= 11 is 0. The first-order chi connectivity index (χ1) is 16.2. The van der Waals surface area contributed by atoms with Gasteiger partial charge in [-0.1, -0.05) is 114 Å². The van der Waals surface area contributed by atoms with Crippen LogP contribution in [-0.2, 0) is 25.7 Å². The van der Waals surface area contributed by atoms with Crippen molar-refractivity contribution in [3.8, 4) is 0 Å². The van der Waals surface area contributed by atoms with E-state index in [0.717, 1.165) is 24.8 Å². The van der Waals surface area contributed by atoms with E-state index >= 15 is 0 Å². The number of hydrogen-bond acceptors (Lipinski definition) is 5. The quantitative estimate of drug-likeness (QED) is 0.147. The second-order valence-electron chi connectivity index (χ2n) is 9.01. The molecule has 0 unspecified atom stereocenters. The van der Waals surface area contributed by atoms with E-state index in [1.807, 2.05) is 30.3 Å². The number of aliphatic hydroxyl groups excluding tert-OH is 1. The smallest absolute Gasteiger partial charge is 0.346 e. The minimum absolute atomic E-state index is 0.0242. The number of aliphatic hydroxyl groups is 1. The standard InChI is InChI=1S/C28H42O5/c1-2-3-4-5-6-7-8-9-10-11-12-13-17-20-24(30)26-27(25(21-29)33-28(26)31)32-22-23-18-15-14-16-19-23/h14-16,18-19,25,29H,2-13,17,20-22H2,1H3/t25-/m1/s1. The summed E-state index contributed by atoms with van der Waals surface area (Å²) < 4.78 is 10.9. The Hall–Kier alpha value is -2.14. The molecule has 0 saturated carbocycles. The maximum absolute atomic E-state index is 12.7. The van der Waals surface area contributed by atoms with Crippen LogP contribution in [0.15, 0.2) is 41.7 Å². The Morgan fingerprint density at radius 1 is 0.879 bits per heavy atom. The topological polar surface area (TPSA) is 72.8 Å². The summed E-state index contributed by atoms with van der Waals surface area (Å²) in [5.41, 5.74) is 0.897. The van der Waals surface area contributed by atoms with E-state index in [-0.39, 0.29) is 23.7 Å². The number of ether oxygens (including phenoxy) is 2. The number of cyclic esters (lactones) is 1. The zero-order valence-electron chi connectivity index (χ0n) is 20.4. The number of unbranched alkanes of at least 4 members (excludes halogenated alkanes) is 12. The number of rotatable bonds is 19. The van der Waals surface area contributed by atoms with Gasteiger partial charge in [-0.25, -0.2) is 4.79 Å². The molecular formula is C28H42O5. The number of hydrogen-bond donors (Lipinski definition) is 1. The molecule has 5 heteroatoms. The molecule has 5 nitrogen and oxygen atoms in total. The second kappa shape index (κ2) is 16.5. The molecule has 0 amide bonds. The molecule has 1 N–H and O–H groups in total. The van der Waals surface area contributed by atoms with Crippen molar-refractivity contribution in [2.45, 2.75) is 110 Å². The summed E-state index contributed by atoms with van der Waals surface area (Å²) in [7, 11) is 0. The minimum atomic E-state index is -0.896. The van der Waals surface area contributed by atoms with E-state index in [4.69, 9.17) is 9.47 Å². The van der Waals surface area contributed by atoms with Crippen molar-refractivity contribution in [3.63, 3.8) is 0 Å². The first-order valence-corrected chi connectivity index (χ1v) is 12.9. The van der Waals surface area contributed by atoms with Crippen LogP contribution >= 0.6 is 0 Å². The molecule has 1 aromatic carbocycles. The largest absolute Gasteiger partial charge is 0.488 e. The fourth-order valence-electron chi connectivity index (χ4n) is 4.20. The number of benzene rings is 1. The van der Waals surface area contributed by atoms with Gasteiger partial charge in [-0.05, 0) is 12.0 Å². The molecule has 1 aliphatic heterocycles. The van der Waals surface area contributed by atoms with Gasteiger partial charge >= 0.3 is 5.97 Å². The van der Waals surface area contributed by atoms with E-state index in [1.54, 1.807) is 0 Å². The van der Waals surface area contributed by atoms with Gasteiger partial charge in [0.05, 0.1) is 6.61 Å². The fraction of sp³-hybridized carbons (Fsp3) is 0.643. The summed E-state index contributed by atoms with van der Waals surface area (Å²) in [5, 5.41) is 9.55. The van der Waals surface area contributed by atoms with E-state index in [0.29, 0.717) is 6.42 Å². The normalized spacial score (nSPS) is 15.7. The molecule has 0 radical (unpaired) electrons. The van der Waals surface area contributed by atoms with Crippen LogP contribution < -0.4 is 0 Å². The van der Waals surface area contributed by atoms with E-state index in [2.05, 4.69) is 6.92 Å². The van der Waals surface area contributed by atoms with Crippen molar-refractivity contribution in [1.82, 2.24) is 0 Å². The lowest BCUT2D eigenvalue weighted by Crippen LogP contribution is -2.18. The molecule has 0 fully saturated rings. The van der Waals surface area contributed by atoms with Crippen LogP contribution in [-0.4, -0.2) is 29.6 Å².